The summed E-state index contributed by atoms with van der Waals surface area (Å²) in [5.41, 5.74) is 6.35. The third-order valence-corrected chi connectivity index (χ3v) is 5.55. The lowest BCUT2D eigenvalue weighted by Crippen LogP contribution is -2.37. The maximum atomic E-state index is 12.0. The van der Waals surface area contributed by atoms with E-state index in [0.717, 1.165) is 21.8 Å². The van der Waals surface area contributed by atoms with Crippen LogP contribution in [0.1, 0.15) is 6.42 Å². The molecule has 0 saturated heterocycles. The van der Waals surface area contributed by atoms with Gasteiger partial charge in [-0.25, -0.2) is 8.42 Å². The summed E-state index contributed by atoms with van der Waals surface area (Å²) in [5.74, 6) is 0.294. The van der Waals surface area contributed by atoms with Gasteiger partial charge in [0.25, 0.3) is 0 Å². The van der Waals surface area contributed by atoms with Gasteiger partial charge < -0.3 is 15.8 Å². The summed E-state index contributed by atoms with van der Waals surface area (Å²) in [4.78, 5) is 14.1. The first-order valence-electron chi connectivity index (χ1n) is 7.93. The van der Waals surface area contributed by atoms with Crippen molar-refractivity contribution in [1.29, 1.82) is 0 Å². The van der Waals surface area contributed by atoms with E-state index in [4.69, 9.17) is 10.5 Å². The fourth-order valence-electron chi connectivity index (χ4n) is 2.09. The molecule has 0 aromatic heterocycles. The molecule has 0 aliphatic carbocycles. The number of rotatable bonds is 8. The van der Waals surface area contributed by atoms with E-state index in [1.54, 1.807) is 31.0 Å². The Morgan fingerprint density at radius 1 is 1.11 bits per heavy atom. The van der Waals surface area contributed by atoms with Crippen molar-refractivity contribution >= 4 is 45.6 Å². The summed E-state index contributed by atoms with van der Waals surface area (Å²) in [6.07, 6.45) is 1.22. The van der Waals surface area contributed by atoms with Gasteiger partial charge in [-0.3, -0.25) is 4.79 Å². The van der Waals surface area contributed by atoms with E-state index >= 15 is 0 Å². The fraction of sp³-hybridized carbons (Fsp3) is 0.278. The zero-order valence-electron chi connectivity index (χ0n) is 15.0. The van der Waals surface area contributed by atoms with Crippen molar-refractivity contribution in [1.82, 2.24) is 0 Å². The Kier molecular flexibility index (Phi) is 9.11. The first-order valence-corrected chi connectivity index (χ1v) is 10.8. The first kappa shape index (κ1) is 23.3. The SMILES string of the molecule is COc1ccc(Sc2ccc(NC(=O)C(N)CCS(C)(=O)=O)cc2)cc1.Cl. The molecule has 1 unspecified atom stereocenters. The Morgan fingerprint density at radius 3 is 2.11 bits per heavy atom. The van der Waals surface area contributed by atoms with Crippen molar-refractivity contribution in [2.24, 2.45) is 5.73 Å². The second kappa shape index (κ2) is 10.6. The van der Waals surface area contributed by atoms with Gasteiger partial charge in [0.15, 0.2) is 0 Å². The van der Waals surface area contributed by atoms with Gasteiger partial charge in [-0.2, -0.15) is 0 Å². The highest BCUT2D eigenvalue weighted by Gasteiger charge is 2.16. The number of amides is 1. The predicted molar refractivity (Wildman–Crippen MR) is 112 cm³/mol. The highest BCUT2D eigenvalue weighted by atomic mass is 35.5. The molecule has 1 amide bonds. The third kappa shape index (κ3) is 8.21. The van der Waals surface area contributed by atoms with E-state index in [-0.39, 0.29) is 24.6 Å². The number of nitrogens with one attached hydrogen (secondary N) is 1. The first-order chi connectivity index (χ1) is 12.3. The molecule has 6 nitrogen and oxygen atoms in total. The van der Waals surface area contributed by atoms with E-state index in [1.165, 1.54) is 0 Å². The quantitative estimate of drug-likeness (QED) is 0.668. The highest BCUT2D eigenvalue weighted by molar-refractivity contribution is 7.99. The number of ether oxygens (including phenoxy) is 1. The minimum atomic E-state index is -3.14. The van der Waals surface area contributed by atoms with Crippen molar-refractivity contribution in [2.45, 2.75) is 22.3 Å². The van der Waals surface area contributed by atoms with Gasteiger partial charge in [0, 0.05) is 21.7 Å². The predicted octanol–water partition coefficient (Wildman–Crippen LogP) is 2.97. The zero-order valence-corrected chi connectivity index (χ0v) is 17.5. The number of anilines is 1. The van der Waals surface area contributed by atoms with E-state index in [9.17, 15) is 13.2 Å². The summed E-state index contributed by atoms with van der Waals surface area (Å²) in [6.45, 7) is 0. The lowest BCUT2D eigenvalue weighted by atomic mass is 10.2. The number of carbonyl (C=O) groups is 1. The van der Waals surface area contributed by atoms with Gasteiger partial charge in [-0.05, 0) is 55.0 Å². The van der Waals surface area contributed by atoms with Crippen LogP contribution in [0.2, 0.25) is 0 Å². The molecule has 0 radical (unpaired) electrons. The molecule has 2 aromatic rings. The van der Waals surface area contributed by atoms with Crippen molar-refractivity contribution in [3.63, 3.8) is 0 Å². The van der Waals surface area contributed by atoms with Crippen LogP contribution in [-0.4, -0.2) is 39.5 Å². The summed E-state index contributed by atoms with van der Waals surface area (Å²) >= 11 is 1.59. The minimum absolute atomic E-state index is 0. The maximum absolute atomic E-state index is 12.0. The van der Waals surface area contributed by atoms with Crippen LogP contribution < -0.4 is 15.8 Å². The number of carbonyl (C=O) groups excluding carboxylic acids is 1. The number of methoxy groups -OCH3 is 1. The van der Waals surface area contributed by atoms with E-state index in [2.05, 4.69) is 5.32 Å². The molecule has 1 atom stereocenters. The number of benzene rings is 2. The number of hydrogen-bond donors (Lipinski definition) is 2. The molecular formula is C18H23ClN2O4S2. The number of hydrogen-bond acceptors (Lipinski definition) is 6. The van der Waals surface area contributed by atoms with Crippen molar-refractivity contribution in [3.8, 4) is 5.75 Å². The zero-order chi connectivity index (χ0) is 19.2. The van der Waals surface area contributed by atoms with E-state index in [1.807, 2.05) is 36.4 Å². The van der Waals surface area contributed by atoms with Crippen LogP contribution in [0.15, 0.2) is 58.3 Å². The van der Waals surface area contributed by atoms with E-state index < -0.39 is 21.8 Å². The molecule has 2 rings (SSSR count). The second-order valence-electron chi connectivity index (χ2n) is 5.82. The normalized spacial score (nSPS) is 12.0. The largest absolute Gasteiger partial charge is 0.497 e. The standard InChI is InChI=1S/C18H22N2O4S2.ClH/c1-24-14-5-9-16(10-6-14)25-15-7-3-13(4-8-15)20-18(21)17(19)11-12-26(2,22)23;/h3-10,17H,11-12,19H2,1-2H3,(H,20,21);1H. The topological polar surface area (TPSA) is 98.5 Å². The molecule has 0 bridgehead atoms. The molecule has 0 saturated carbocycles. The molecule has 0 fully saturated rings. The molecule has 0 heterocycles. The van der Waals surface area contributed by atoms with Crippen LogP contribution in [0.3, 0.4) is 0 Å². The van der Waals surface area contributed by atoms with Gasteiger partial charge in [-0.15, -0.1) is 12.4 Å². The third-order valence-electron chi connectivity index (χ3n) is 3.55. The molecular weight excluding hydrogens is 408 g/mol. The molecule has 0 aliphatic heterocycles. The van der Waals surface area contributed by atoms with Crippen molar-refractivity contribution in [2.75, 3.05) is 24.4 Å². The molecule has 3 N–H and O–H groups in total. The summed E-state index contributed by atoms with van der Waals surface area (Å²) in [7, 11) is -1.51. The average molecular weight is 431 g/mol. The maximum Gasteiger partial charge on any atom is 0.241 e. The molecule has 0 aliphatic rings. The van der Waals surface area contributed by atoms with Gasteiger partial charge in [-0.1, -0.05) is 11.8 Å². The molecule has 9 heteroatoms. The molecule has 148 valence electrons. The number of sulfone groups is 1. The smallest absolute Gasteiger partial charge is 0.241 e. The summed E-state index contributed by atoms with van der Waals surface area (Å²) in [6, 6.07) is 14.2. The number of halogens is 1. The van der Waals surface area contributed by atoms with Crippen LogP contribution in [0, 0.1) is 0 Å². The minimum Gasteiger partial charge on any atom is -0.497 e. The van der Waals surface area contributed by atoms with Gasteiger partial charge >= 0.3 is 0 Å². The van der Waals surface area contributed by atoms with Crippen LogP contribution >= 0.6 is 24.2 Å². The van der Waals surface area contributed by atoms with E-state index in [0.29, 0.717) is 5.69 Å². The highest BCUT2D eigenvalue weighted by Crippen LogP contribution is 2.29. The van der Waals surface area contributed by atoms with Gasteiger partial charge in [0.1, 0.15) is 15.6 Å². The van der Waals surface area contributed by atoms with Crippen LogP contribution in [0.25, 0.3) is 0 Å². The second-order valence-corrected chi connectivity index (χ2v) is 9.22. The Morgan fingerprint density at radius 2 is 1.63 bits per heavy atom. The Labute approximate surface area is 170 Å². The lowest BCUT2D eigenvalue weighted by Gasteiger charge is -2.12. The molecule has 27 heavy (non-hydrogen) atoms. The summed E-state index contributed by atoms with van der Waals surface area (Å²) in [5, 5.41) is 2.70. The van der Waals surface area contributed by atoms with Gasteiger partial charge in [0.2, 0.25) is 5.91 Å². The van der Waals surface area contributed by atoms with Crippen molar-refractivity contribution < 1.29 is 17.9 Å². The Balaban J connectivity index is 0.00000364. The monoisotopic (exact) mass is 430 g/mol. The lowest BCUT2D eigenvalue weighted by molar-refractivity contribution is -0.117. The average Bonchev–Trinajstić information content (AvgIpc) is 2.61. The van der Waals surface area contributed by atoms with Crippen LogP contribution in [0.4, 0.5) is 5.69 Å². The fourth-order valence-corrected chi connectivity index (χ4v) is 3.59. The molecule has 2 aromatic carbocycles. The molecule has 0 spiro atoms. The van der Waals surface area contributed by atoms with Crippen LogP contribution in [-0.2, 0) is 14.6 Å². The van der Waals surface area contributed by atoms with Crippen molar-refractivity contribution in [3.05, 3.63) is 48.5 Å². The summed E-state index contributed by atoms with van der Waals surface area (Å²) < 4.78 is 27.4. The van der Waals surface area contributed by atoms with Crippen LogP contribution in [0.5, 0.6) is 5.75 Å². The Bertz CT molecular complexity index is 841. The number of nitrogens with two attached hydrogens (primary N) is 1. The Hall–Kier alpha value is -1.74. The van der Waals surface area contributed by atoms with Gasteiger partial charge in [0.05, 0.1) is 18.9 Å².